The first-order valence-electron chi connectivity index (χ1n) is 8.35. The van der Waals surface area contributed by atoms with E-state index in [0.29, 0.717) is 18.2 Å². The van der Waals surface area contributed by atoms with E-state index in [0.717, 1.165) is 41.3 Å². The molecule has 1 saturated heterocycles. The first kappa shape index (κ1) is 15.1. The Kier molecular flexibility index (Phi) is 3.67. The van der Waals surface area contributed by atoms with Gasteiger partial charge in [-0.25, -0.2) is 0 Å². The second-order valence-electron chi connectivity index (χ2n) is 6.67. The van der Waals surface area contributed by atoms with Crippen LogP contribution < -0.4 is 20.1 Å². The topological polar surface area (TPSA) is 72.0 Å². The fourth-order valence-corrected chi connectivity index (χ4v) is 3.41. The lowest BCUT2D eigenvalue weighted by molar-refractivity contribution is -0.114. The minimum Gasteiger partial charge on any atom is -0.454 e. The number of nitrogens with one attached hydrogen (secondary N) is 2. The van der Waals surface area contributed by atoms with Crippen LogP contribution in [0.2, 0.25) is 0 Å². The van der Waals surface area contributed by atoms with Crippen molar-refractivity contribution in [1.82, 2.24) is 10.6 Å². The number of ether oxygens (including phenoxy) is 2. The molecule has 0 bridgehead atoms. The number of aliphatic imine (C=N–C) groups is 1. The Labute approximate surface area is 140 Å². The molecule has 1 amide bonds. The van der Waals surface area contributed by atoms with Crippen LogP contribution in [0.1, 0.15) is 31.9 Å². The third-order valence-electron chi connectivity index (χ3n) is 4.42. The molecule has 0 saturated carbocycles. The molecule has 0 aromatic heterocycles. The maximum atomic E-state index is 12.5. The second-order valence-corrected chi connectivity index (χ2v) is 6.67. The molecular formula is C18H21N3O3. The summed E-state index contributed by atoms with van der Waals surface area (Å²) >= 11 is 0. The molecule has 6 nitrogen and oxygen atoms in total. The number of carbonyl (C=O) groups excluding carboxylic acids is 1. The predicted molar refractivity (Wildman–Crippen MR) is 90.2 cm³/mol. The standard InChI is InChI=1S/C18H21N3O3/c1-10(2)7-12-15-16(21-18(22)17(15)20-6-5-19-12)11-3-4-13-14(8-11)24-9-23-13/h3-4,8,10,16,19H,5-7,9H2,1-2H3,(H,21,22). The number of amides is 1. The summed E-state index contributed by atoms with van der Waals surface area (Å²) in [5.41, 5.74) is 3.64. The molecule has 4 rings (SSSR count). The van der Waals surface area contributed by atoms with Crippen LogP contribution in [-0.4, -0.2) is 31.5 Å². The summed E-state index contributed by atoms with van der Waals surface area (Å²) in [5, 5.41) is 6.54. The first-order chi connectivity index (χ1) is 11.6. The summed E-state index contributed by atoms with van der Waals surface area (Å²) in [6.07, 6.45) is 0.893. The molecule has 126 valence electrons. The zero-order chi connectivity index (χ0) is 16.7. The van der Waals surface area contributed by atoms with E-state index in [1.165, 1.54) is 0 Å². The van der Waals surface area contributed by atoms with E-state index in [-0.39, 0.29) is 18.7 Å². The van der Waals surface area contributed by atoms with Crippen molar-refractivity contribution in [2.75, 3.05) is 19.9 Å². The van der Waals surface area contributed by atoms with Crippen LogP contribution in [0.25, 0.3) is 0 Å². The van der Waals surface area contributed by atoms with Crippen LogP contribution in [0.5, 0.6) is 11.5 Å². The van der Waals surface area contributed by atoms with Crippen molar-refractivity contribution in [1.29, 1.82) is 0 Å². The largest absolute Gasteiger partial charge is 0.454 e. The summed E-state index contributed by atoms with van der Waals surface area (Å²) in [6, 6.07) is 5.61. The normalized spacial score (nSPS) is 22.0. The van der Waals surface area contributed by atoms with Gasteiger partial charge in [0.1, 0.15) is 5.71 Å². The number of fused-ring (bicyclic) bond motifs is 2. The van der Waals surface area contributed by atoms with Gasteiger partial charge in [0.25, 0.3) is 5.91 Å². The maximum Gasteiger partial charge on any atom is 0.270 e. The Balaban J connectivity index is 1.79. The molecule has 0 spiro atoms. The Morgan fingerprint density at radius 3 is 2.96 bits per heavy atom. The molecule has 1 atom stereocenters. The minimum absolute atomic E-state index is 0.0994. The molecular weight excluding hydrogens is 306 g/mol. The fourth-order valence-electron chi connectivity index (χ4n) is 3.41. The van der Waals surface area contributed by atoms with Gasteiger partial charge in [-0.2, -0.15) is 0 Å². The molecule has 6 heteroatoms. The Morgan fingerprint density at radius 2 is 2.12 bits per heavy atom. The van der Waals surface area contributed by atoms with E-state index in [1.807, 2.05) is 18.2 Å². The zero-order valence-electron chi connectivity index (χ0n) is 13.9. The SMILES string of the molecule is CC(C)CC1=C2C(=NCCN1)C(=O)NC2c1ccc2c(c1)OCO2. The van der Waals surface area contributed by atoms with Crippen LogP contribution in [0.15, 0.2) is 34.5 Å². The average molecular weight is 327 g/mol. The molecule has 3 aliphatic heterocycles. The molecule has 0 aliphatic carbocycles. The van der Waals surface area contributed by atoms with Gasteiger partial charge < -0.3 is 20.1 Å². The summed E-state index contributed by atoms with van der Waals surface area (Å²) in [6.45, 7) is 5.97. The molecule has 1 fully saturated rings. The Bertz CT molecular complexity index is 752. The number of benzene rings is 1. The summed E-state index contributed by atoms with van der Waals surface area (Å²) < 4.78 is 10.9. The average Bonchev–Trinajstić information content (AvgIpc) is 3.08. The zero-order valence-corrected chi connectivity index (χ0v) is 13.9. The van der Waals surface area contributed by atoms with Gasteiger partial charge >= 0.3 is 0 Å². The third-order valence-corrected chi connectivity index (χ3v) is 4.42. The molecule has 1 unspecified atom stereocenters. The lowest BCUT2D eigenvalue weighted by atomic mass is 9.93. The summed E-state index contributed by atoms with van der Waals surface area (Å²) in [4.78, 5) is 17.0. The monoisotopic (exact) mass is 327 g/mol. The summed E-state index contributed by atoms with van der Waals surface area (Å²) in [7, 11) is 0. The van der Waals surface area contributed by atoms with Crippen molar-refractivity contribution in [3.05, 3.63) is 35.0 Å². The number of hydrogen-bond donors (Lipinski definition) is 2. The van der Waals surface area contributed by atoms with E-state index >= 15 is 0 Å². The molecule has 1 aromatic carbocycles. The number of nitrogens with zero attached hydrogens (tertiary/aromatic N) is 1. The van der Waals surface area contributed by atoms with E-state index in [4.69, 9.17) is 9.47 Å². The highest BCUT2D eigenvalue weighted by molar-refractivity contribution is 6.48. The highest BCUT2D eigenvalue weighted by Crippen LogP contribution is 2.38. The lowest BCUT2D eigenvalue weighted by Crippen LogP contribution is -2.23. The Hall–Kier alpha value is -2.50. The van der Waals surface area contributed by atoms with Gasteiger partial charge in [0.15, 0.2) is 11.5 Å². The molecule has 0 radical (unpaired) electrons. The number of hydrogen-bond acceptors (Lipinski definition) is 5. The van der Waals surface area contributed by atoms with E-state index in [1.54, 1.807) is 0 Å². The number of carbonyl (C=O) groups is 1. The van der Waals surface area contributed by atoms with Crippen molar-refractivity contribution in [2.45, 2.75) is 26.3 Å². The van der Waals surface area contributed by atoms with Crippen molar-refractivity contribution in [3.8, 4) is 11.5 Å². The van der Waals surface area contributed by atoms with Crippen LogP contribution in [0.4, 0.5) is 0 Å². The van der Waals surface area contributed by atoms with Gasteiger partial charge in [-0.1, -0.05) is 19.9 Å². The van der Waals surface area contributed by atoms with Crippen LogP contribution >= 0.6 is 0 Å². The molecule has 3 heterocycles. The quantitative estimate of drug-likeness (QED) is 0.890. The number of rotatable bonds is 3. The van der Waals surface area contributed by atoms with Gasteiger partial charge in [0, 0.05) is 17.8 Å². The van der Waals surface area contributed by atoms with E-state index in [2.05, 4.69) is 29.5 Å². The van der Waals surface area contributed by atoms with Gasteiger partial charge in [0.2, 0.25) is 6.79 Å². The van der Waals surface area contributed by atoms with Crippen molar-refractivity contribution in [2.24, 2.45) is 10.9 Å². The van der Waals surface area contributed by atoms with Gasteiger partial charge in [-0.15, -0.1) is 0 Å². The highest BCUT2D eigenvalue weighted by Gasteiger charge is 2.38. The van der Waals surface area contributed by atoms with Gasteiger partial charge in [-0.3, -0.25) is 9.79 Å². The molecule has 1 aromatic rings. The highest BCUT2D eigenvalue weighted by atomic mass is 16.7. The van der Waals surface area contributed by atoms with E-state index < -0.39 is 0 Å². The molecule has 3 aliphatic rings. The first-order valence-corrected chi connectivity index (χ1v) is 8.35. The van der Waals surface area contributed by atoms with E-state index in [9.17, 15) is 4.79 Å². The Morgan fingerprint density at radius 1 is 1.29 bits per heavy atom. The van der Waals surface area contributed by atoms with Crippen LogP contribution in [0.3, 0.4) is 0 Å². The van der Waals surface area contributed by atoms with Gasteiger partial charge in [0.05, 0.1) is 12.6 Å². The van der Waals surface area contributed by atoms with Crippen LogP contribution in [0, 0.1) is 5.92 Å². The van der Waals surface area contributed by atoms with Crippen molar-refractivity contribution >= 4 is 11.6 Å². The predicted octanol–water partition coefficient (Wildman–Crippen LogP) is 1.93. The lowest BCUT2D eigenvalue weighted by Gasteiger charge is -2.19. The fraction of sp³-hybridized carbons (Fsp3) is 0.444. The third kappa shape index (κ3) is 2.52. The van der Waals surface area contributed by atoms with Crippen molar-refractivity contribution in [3.63, 3.8) is 0 Å². The van der Waals surface area contributed by atoms with Crippen LogP contribution in [-0.2, 0) is 4.79 Å². The smallest absolute Gasteiger partial charge is 0.270 e. The molecule has 2 N–H and O–H groups in total. The second kappa shape index (κ2) is 5.85. The van der Waals surface area contributed by atoms with Crippen molar-refractivity contribution < 1.29 is 14.3 Å². The summed E-state index contributed by atoms with van der Waals surface area (Å²) in [5.74, 6) is 1.86. The molecule has 24 heavy (non-hydrogen) atoms. The maximum absolute atomic E-state index is 12.5. The minimum atomic E-state index is -0.204. The van der Waals surface area contributed by atoms with Gasteiger partial charge in [-0.05, 0) is 30.0 Å². The number of allylic oxidation sites excluding steroid dienone is 1.